The van der Waals surface area contributed by atoms with E-state index in [0.717, 1.165) is 32.0 Å². The molecule has 5 nitrogen and oxygen atoms in total. The van der Waals surface area contributed by atoms with Gasteiger partial charge in [0.05, 0.1) is 31.6 Å². The summed E-state index contributed by atoms with van der Waals surface area (Å²) in [7, 11) is 0. The van der Waals surface area contributed by atoms with Gasteiger partial charge in [0.15, 0.2) is 5.82 Å². The highest BCUT2D eigenvalue weighted by Gasteiger charge is 2.22. The number of hydrogen-bond donors (Lipinski definition) is 1. The second-order valence-corrected chi connectivity index (χ2v) is 3.87. The lowest BCUT2D eigenvalue weighted by Crippen LogP contribution is -2.45. The fourth-order valence-corrected chi connectivity index (χ4v) is 1.89. The Balaban J connectivity index is 2.14. The van der Waals surface area contributed by atoms with E-state index in [1.807, 2.05) is 12.1 Å². The van der Waals surface area contributed by atoms with E-state index in [0.29, 0.717) is 11.7 Å². The average Bonchev–Trinajstić information content (AvgIpc) is 2.39. The number of rotatable bonds is 3. The highest BCUT2D eigenvalue weighted by Crippen LogP contribution is 2.18. The van der Waals surface area contributed by atoms with Crippen molar-refractivity contribution in [1.82, 2.24) is 10.2 Å². The first kappa shape index (κ1) is 11.3. The van der Waals surface area contributed by atoms with Gasteiger partial charge in [-0.05, 0) is 18.6 Å². The van der Waals surface area contributed by atoms with Gasteiger partial charge in [-0.25, -0.2) is 0 Å². The summed E-state index contributed by atoms with van der Waals surface area (Å²) in [5, 5.41) is 17.0. The van der Waals surface area contributed by atoms with Crippen LogP contribution in [0.1, 0.15) is 19.0 Å². The van der Waals surface area contributed by atoms with Crippen LogP contribution < -0.4 is 4.90 Å². The van der Waals surface area contributed by atoms with Crippen molar-refractivity contribution in [3.8, 4) is 0 Å². The molecule has 1 fully saturated rings. The number of aromatic nitrogens is 2. The highest BCUT2D eigenvalue weighted by molar-refractivity contribution is 5.39. The van der Waals surface area contributed by atoms with E-state index >= 15 is 0 Å². The number of aliphatic hydroxyl groups excluding tert-OH is 1. The van der Waals surface area contributed by atoms with Gasteiger partial charge in [-0.15, -0.1) is 5.10 Å². The first-order chi connectivity index (χ1) is 7.85. The maximum Gasteiger partial charge on any atom is 0.151 e. The molecule has 1 N–H and O–H groups in total. The summed E-state index contributed by atoms with van der Waals surface area (Å²) in [5.41, 5.74) is 0.602. The third-order valence-corrected chi connectivity index (χ3v) is 2.86. The van der Waals surface area contributed by atoms with Crippen molar-refractivity contribution in [2.24, 2.45) is 0 Å². The summed E-state index contributed by atoms with van der Waals surface area (Å²) in [4.78, 5) is 2.22. The second kappa shape index (κ2) is 5.23. The van der Waals surface area contributed by atoms with Crippen LogP contribution >= 0.6 is 0 Å². The van der Waals surface area contributed by atoms with Crippen LogP contribution in [-0.2, 0) is 11.3 Å². The van der Waals surface area contributed by atoms with Gasteiger partial charge in [0.25, 0.3) is 0 Å². The van der Waals surface area contributed by atoms with Crippen molar-refractivity contribution in [2.75, 3.05) is 24.7 Å². The SMILES string of the molecule is CCC1COCCN1c1ccc(CO)nn1. The number of ether oxygens (including phenoxy) is 1. The molecular formula is C11H17N3O2. The summed E-state index contributed by atoms with van der Waals surface area (Å²) >= 11 is 0. The van der Waals surface area contributed by atoms with Crippen molar-refractivity contribution < 1.29 is 9.84 Å². The van der Waals surface area contributed by atoms with Crippen molar-refractivity contribution in [3.05, 3.63) is 17.8 Å². The van der Waals surface area contributed by atoms with Crippen LogP contribution in [0.25, 0.3) is 0 Å². The minimum absolute atomic E-state index is 0.0619. The average molecular weight is 223 g/mol. The van der Waals surface area contributed by atoms with Crippen LogP contribution in [0.3, 0.4) is 0 Å². The Morgan fingerprint density at radius 2 is 2.38 bits per heavy atom. The van der Waals surface area contributed by atoms with E-state index in [4.69, 9.17) is 9.84 Å². The Kier molecular flexibility index (Phi) is 3.69. The fraction of sp³-hybridized carbons (Fsp3) is 0.636. The molecule has 0 bridgehead atoms. The van der Waals surface area contributed by atoms with Gasteiger partial charge in [0.1, 0.15) is 0 Å². The molecule has 1 aliphatic heterocycles. The van der Waals surface area contributed by atoms with Crippen molar-refractivity contribution in [1.29, 1.82) is 0 Å². The summed E-state index contributed by atoms with van der Waals surface area (Å²) < 4.78 is 5.44. The normalized spacial score (nSPS) is 21.1. The Bertz CT molecular complexity index is 329. The molecule has 5 heteroatoms. The smallest absolute Gasteiger partial charge is 0.151 e. The molecule has 0 saturated carbocycles. The van der Waals surface area contributed by atoms with Crippen LogP contribution in [0.15, 0.2) is 12.1 Å². The van der Waals surface area contributed by atoms with E-state index in [-0.39, 0.29) is 6.61 Å². The Labute approximate surface area is 95.1 Å². The Morgan fingerprint density at radius 1 is 1.50 bits per heavy atom. The number of hydrogen-bond acceptors (Lipinski definition) is 5. The molecule has 2 heterocycles. The van der Waals surface area contributed by atoms with E-state index in [9.17, 15) is 0 Å². The predicted molar refractivity (Wildman–Crippen MR) is 60.2 cm³/mol. The molecular weight excluding hydrogens is 206 g/mol. The Morgan fingerprint density at radius 3 is 3.00 bits per heavy atom. The predicted octanol–water partition coefficient (Wildman–Crippen LogP) is 0.584. The van der Waals surface area contributed by atoms with Gasteiger partial charge in [-0.3, -0.25) is 0 Å². The zero-order chi connectivity index (χ0) is 11.4. The maximum atomic E-state index is 8.90. The topological polar surface area (TPSA) is 58.5 Å². The van der Waals surface area contributed by atoms with Gasteiger partial charge >= 0.3 is 0 Å². The summed E-state index contributed by atoms with van der Waals surface area (Å²) in [5.74, 6) is 0.868. The van der Waals surface area contributed by atoms with Crippen LogP contribution in [-0.4, -0.2) is 41.1 Å². The largest absolute Gasteiger partial charge is 0.390 e. The van der Waals surface area contributed by atoms with Crippen molar-refractivity contribution in [2.45, 2.75) is 26.0 Å². The monoisotopic (exact) mass is 223 g/mol. The molecule has 0 spiro atoms. The van der Waals surface area contributed by atoms with Gasteiger partial charge in [-0.2, -0.15) is 5.10 Å². The first-order valence-electron chi connectivity index (χ1n) is 5.63. The summed E-state index contributed by atoms with van der Waals surface area (Å²) in [6.07, 6.45) is 1.03. The molecule has 1 aliphatic rings. The summed E-state index contributed by atoms with van der Waals surface area (Å²) in [6.45, 7) is 4.42. The first-order valence-corrected chi connectivity index (χ1v) is 5.63. The number of nitrogens with zero attached hydrogens (tertiary/aromatic N) is 3. The van der Waals surface area contributed by atoms with E-state index in [1.165, 1.54) is 0 Å². The van der Waals surface area contributed by atoms with E-state index < -0.39 is 0 Å². The molecule has 1 aromatic heterocycles. The minimum atomic E-state index is -0.0619. The van der Waals surface area contributed by atoms with Gasteiger partial charge in [0, 0.05) is 6.54 Å². The lowest BCUT2D eigenvalue weighted by molar-refractivity contribution is 0.0924. The lowest BCUT2D eigenvalue weighted by Gasteiger charge is -2.35. The number of aliphatic hydroxyl groups is 1. The molecule has 16 heavy (non-hydrogen) atoms. The maximum absolute atomic E-state index is 8.90. The molecule has 0 aliphatic carbocycles. The molecule has 0 aromatic carbocycles. The number of anilines is 1. The minimum Gasteiger partial charge on any atom is -0.390 e. The molecule has 88 valence electrons. The molecule has 1 unspecified atom stereocenters. The molecule has 0 amide bonds. The Hall–Kier alpha value is -1.20. The standard InChI is InChI=1S/C11H17N3O2/c1-2-10-8-16-6-5-14(10)11-4-3-9(7-15)12-13-11/h3-4,10,15H,2,5-8H2,1H3. The quantitative estimate of drug-likeness (QED) is 0.812. The highest BCUT2D eigenvalue weighted by atomic mass is 16.5. The molecule has 0 radical (unpaired) electrons. The van der Waals surface area contributed by atoms with E-state index in [2.05, 4.69) is 22.0 Å². The van der Waals surface area contributed by atoms with Gasteiger partial charge < -0.3 is 14.7 Å². The van der Waals surface area contributed by atoms with Crippen LogP contribution in [0.4, 0.5) is 5.82 Å². The second-order valence-electron chi connectivity index (χ2n) is 3.87. The van der Waals surface area contributed by atoms with Gasteiger partial charge in [-0.1, -0.05) is 6.92 Å². The third kappa shape index (κ3) is 2.31. The molecule has 1 atom stereocenters. The molecule has 2 rings (SSSR count). The zero-order valence-electron chi connectivity index (χ0n) is 9.46. The van der Waals surface area contributed by atoms with Crippen molar-refractivity contribution in [3.63, 3.8) is 0 Å². The van der Waals surface area contributed by atoms with Crippen LogP contribution in [0, 0.1) is 0 Å². The van der Waals surface area contributed by atoms with Gasteiger partial charge in [0.2, 0.25) is 0 Å². The fourth-order valence-electron chi connectivity index (χ4n) is 1.89. The van der Waals surface area contributed by atoms with E-state index in [1.54, 1.807) is 0 Å². The van der Waals surface area contributed by atoms with Crippen molar-refractivity contribution >= 4 is 5.82 Å². The molecule has 1 saturated heterocycles. The lowest BCUT2D eigenvalue weighted by atomic mass is 10.2. The zero-order valence-corrected chi connectivity index (χ0v) is 9.46. The van der Waals surface area contributed by atoms with Crippen LogP contribution in [0.5, 0.6) is 0 Å². The summed E-state index contributed by atoms with van der Waals surface area (Å²) in [6, 6.07) is 4.10. The molecule has 1 aromatic rings. The third-order valence-electron chi connectivity index (χ3n) is 2.86. The number of morpholine rings is 1. The van der Waals surface area contributed by atoms with Crippen LogP contribution in [0.2, 0.25) is 0 Å².